The maximum absolute atomic E-state index is 12.7. The van der Waals surface area contributed by atoms with Gasteiger partial charge in [0.1, 0.15) is 23.9 Å². The van der Waals surface area contributed by atoms with E-state index in [2.05, 4.69) is 51.0 Å². The summed E-state index contributed by atoms with van der Waals surface area (Å²) in [6.45, 7) is 10.1. The monoisotopic (exact) mass is 669 g/mol. The molecule has 6 aromatic rings. The van der Waals surface area contributed by atoms with E-state index in [-0.39, 0.29) is 24.9 Å². The standard InChI is InChI=1S/C40H39N5O5/c1-26-8-6-7-9-37(26)42-39(46)25-49-35-18-14-33(15-19-35)45-29(4)22-31(30(45)5)23-41-43-40(47)38-21-20-36(50-38)24-48-34-16-12-32(13-17-34)44-27(2)10-11-28(44)3/h6-23H,24-25H2,1-5H3,(H,42,46)(H,43,47)/b41-23+. The van der Waals surface area contributed by atoms with Crippen LogP contribution in [0.4, 0.5) is 5.69 Å². The first-order valence-electron chi connectivity index (χ1n) is 16.2. The highest BCUT2D eigenvalue weighted by Crippen LogP contribution is 2.23. The van der Waals surface area contributed by atoms with E-state index in [1.165, 1.54) is 0 Å². The van der Waals surface area contributed by atoms with Crippen molar-refractivity contribution in [3.8, 4) is 22.9 Å². The molecular weight excluding hydrogens is 630 g/mol. The van der Waals surface area contributed by atoms with Crippen LogP contribution in [0.3, 0.4) is 0 Å². The fourth-order valence-corrected chi connectivity index (χ4v) is 5.77. The molecule has 10 heteroatoms. The Labute approximate surface area is 291 Å². The number of nitrogens with one attached hydrogen (secondary N) is 2. The van der Waals surface area contributed by atoms with Crippen LogP contribution >= 0.6 is 0 Å². The Balaban J connectivity index is 0.998. The van der Waals surface area contributed by atoms with E-state index in [9.17, 15) is 9.59 Å². The fourth-order valence-electron chi connectivity index (χ4n) is 5.77. The molecule has 2 amide bonds. The van der Waals surface area contributed by atoms with Crippen LogP contribution in [0.15, 0.2) is 113 Å². The van der Waals surface area contributed by atoms with E-state index in [1.54, 1.807) is 18.3 Å². The van der Waals surface area contributed by atoms with Gasteiger partial charge in [0.15, 0.2) is 12.4 Å². The van der Waals surface area contributed by atoms with Gasteiger partial charge in [-0.3, -0.25) is 9.59 Å². The van der Waals surface area contributed by atoms with E-state index in [4.69, 9.17) is 13.9 Å². The lowest BCUT2D eigenvalue weighted by Gasteiger charge is -2.12. The van der Waals surface area contributed by atoms with Crippen LogP contribution in [-0.4, -0.2) is 33.8 Å². The molecule has 3 aromatic carbocycles. The van der Waals surface area contributed by atoms with Crippen LogP contribution in [0.25, 0.3) is 11.4 Å². The van der Waals surface area contributed by atoms with Gasteiger partial charge in [0.2, 0.25) is 0 Å². The van der Waals surface area contributed by atoms with Gasteiger partial charge in [-0.2, -0.15) is 5.10 Å². The number of carbonyl (C=O) groups is 2. The highest BCUT2D eigenvalue weighted by atomic mass is 16.5. The van der Waals surface area contributed by atoms with Crippen LogP contribution in [0.1, 0.15) is 50.2 Å². The number of carbonyl (C=O) groups excluding carboxylic acids is 2. The van der Waals surface area contributed by atoms with Crippen molar-refractivity contribution in [3.63, 3.8) is 0 Å². The van der Waals surface area contributed by atoms with Gasteiger partial charge in [0.05, 0.1) is 6.21 Å². The summed E-state index contributed by atoms with van der Waals surface area (Å²) in [4.78, 5) is 25.1. The van der Waals surface area contributed by atoms with Crippen molar-refractivity contribution in [2.45, 2.75) is 41.2 Å². The van der Waals surface area contributed by atoms with Crippen molar-refractivity contribution in [1.29, 1.82) is 0 Å². The summed E-state index contributed by atoms with van der Waals surface area (Å²) in [7, 11) is 0. The number of hydrogen-bond donors (Lipinski definition) is 2. The maximum atomic E-state index is 12.7. The molecule has 0 bridgehead atoms. The second kappa shape index (κ2) is 14.9. The number of aryl methyl sites for hydroxylation is 4. The molecule has 0 saturated heterocycles. The zero-order chi connectivity index (χ0) is 35.2. The van der Waals surface area contributed by atoms with Crippen LogP contribution in [0.5, 0.6) is 11.5 Å². The fraction of sp³-hybridized carbons (Fsp3) is 0.175. The number of nitrogens with zero attached hydrogens (tertiary/aromatic N) is 3. The van der Waals surface area contributed by atoms with E-state index < -0.39 is 5.91 Å². The van der Waals surface area contributed by atoms with Gasteiger partial charge in [0, 0.05) is 45.4 Å². The van der Waals surface area contributed by atoms with Crippen LogP contribution in [0, 0.1) is 34.6 Å². The summed E-state index contributed by atoms with van der Waals surface area (Å²) in [5.41, 5.74) is 11.4. The van der Waals surface area contributed by atoms with E-state index in [0.717, 1.165) is 51.0 Å². The molecule has 3 heterocycles. The van der Waals surface area contributed by atoms with Gasteiger partial charge < -0.3 is 28.3 Å². The summed E-state index contributed by atoms with van der Waals surface area (Å²) in [6, 6.07) is 32.4. The number of furan rings is 1. The van der Waals surface area contributed by atoms with Gasteiger partial charge >= 0.3 is 5.91 Å². The summed E-state index contributed by atoms with van der Waals surface area (Å²) in [5, 5.41) is 7.04. The van der Waals surface area contributed by atoms with Crippen molar-refractivity contribution >= 4 is 23.7 Å². The largest absolute Gasteiger partial charge is 0.486 e. The summed E-state index contributed by atoms with van der Waals surface area (Å²) >= 11 is 0. The lowest BCUT2D eigenvalue weighted by Crippen LogP contribution is -2.20. The molecule has 0 spiro atoms. The molecule has 3 aromatic heterocycles. The Hall–Kier alpha value is -6.29. The first-order chi connectivity index (χ1) is 24.2. The Kier molecular flexibility index (Phi) is 9.99. The van der Waals surface area contributed by atoms with Crippen molar-refractivity contribution in [2.24, 2.45) is 5.10 Å². The number of amides is 2. The van der Waals surface area contributed by atoms with Crippen molar-refractivity contribution in [3.05, 3.63) is 149 Å². The average molecular weight is 670 g/mol. The smallest absolute Gasteiger partial charge is 0.307 e. The second-order valence-corrected chi connectivity index (χ2v) is 12.0. The molecule has 2 N–H and O–H groups in total. The lowest BCUT2D eigenvalue weighted by molar-refractivity contribution is -0.118. The zero-order valence-electron chi connectivity index (χ0n) is 28.7. The van der Waals surface area contributed by atoms with Crippen molar-refractivity contribution in [2.75, 3.05) is 11.9 Å². The Morgan fingerprint density at radius 2 is 1.38 bits per heavy atom. The predicted molar refractivity (Wildman–Crippen MR) is 194 cm³/mol. The third-order valence-electron chi connectivity index (χ3n) is 8.36. The van der Waals surface area contributed by atoms with Crippen molar-refractivity contribution < 1.29 is 23.5 Å². The third-order valence-corrected chi connectivity index (χ3v) is 8.36. The number of hydrazone groups is 1. The topological polar surface area (TPSA) is 112 Å². The van der Waals surface area contributed by atoms with Crippen LogP contribution in [0.2, 0.25) is 0 Å². The van der Waals surface area contributed by atoms with E-state index in [0.29, 0.717) is 17.3 Å². The van der Waals surface area contributed by atoms with Gasteiger partial charge in [-0.05, 0) is 125 Å². The third kappa shape index (κ3) is 7.71. The molecule has 0 aliphatic carbocycles. The van der Waals surface area contributed by atoms with Crippen LogP contribution in [-0.2, 0) is 11.4 Å². The van der Waals surface area contributed by atoms with Crippen molar-refractivity contribution in [1.82, 2.24) is 14.6 Å². The molecule has 0 atom stereocenters. The molecule has 0 aliphatic rings. The average Bonchev–Trinajstić information content (AvgIpc) is 3.81. The van der Waals surface area contributed by atoms with E-state index in [1.807, 2.05) is 99.6 Å². The molecule has 10 nitrogen and oxygen atoms in total. The van der Waals surface area contributed by atoms with Gasteiger partial charge in [-0.25, -0.2) is 5.43 Å². The quantitative estimate of drug-likeness (QED) is 0.102. The first-order valence-corrected chi connectivity index (χ1v) is 16.2. The summed E-state index contributed by atoms with van der Waals surface area (Å²) in [6.07, 6.45) is 1.61. The molecule has 254 valence electrons. The zero-order valence-corrected chi connectivity index (χ0v) is 28.7. The predicted octanol–water partition coefficient (Wildman–Crippen LogP) is 7.76. The van der Waals surface area contributed by atoms with Crippen LogP contribution < -0.4 is 20.2 Å². The summed E-state index contributed by atoms with van der Waals surface area (Å²) < 4.78 is 21.6. The number of anilines is 1. The minimum Gasteiger partial charge on any atom is -0.486 e. The number of para-hydroxylation sites is 1. The lowest BCUT2D eigenvalue weighted by atomic mass is 10.2. The van der Waals surface area contributed by atoms with Gasteiger partial charge in [-0.1, -0.05) is 18.2 Å². The van der Waals surface area contributed by atoms with E-state index >= 15 is 0 Å². The number of hydrogen-bond acceptors (Lipinski definition) is 6. The Morgan fingerprint density at radius 3 is 2.06 bits per heavy atom. The summed E-state index contributed by atoms with van der Waals surface area (Å²) in [5.74, 6) is 1.24. The molecule has 0 unspecified atom stereocenters. The molecule has 50 heavy (non-hydrogen) atoms. The normalized spacial score (nSPS) is 11.1. The minimum atomic E-state index is -0.466. The molecule has 6 rings (SSSR count). The highest BCUT2D eigenvalue weighted by Gasteiger charge is 2.13. The molecule has 0 aliphatic heterocycles. The van der Waals surface area contributed by atoms with Gasteiger partial charge in [-0.15, -0.1) is 0 Å². The Bertz CT molecular complexity index is 2130. The highest BCUT2D eigenvalue weighted by molar-refractivity contribution is 5.93. The Morgan fingerprint density at radius 1 is 0.740 bits per heavy atom. The van der Waals surface area contributed by atoms with Gasteiger partial charge in [0.25, 0.3) is 5.91 Å². The molecule has 0 saturated carbocycles. The maximum Gasteiger partial charge on any atom is 0.307 e. The number of ether oxygens (including phenoxy) is 2. The molecule has 0 radical (unpaired) electrons. The number of aromatic nitrogens is 2. The molecule has 0 fully saturated rings. The SMILES string of the molecule is Cc1ccccc1NC(=O)COc1ccc(-n2c(C)cc(/C=N/NC(=O)c3ccc(COc4ccc(-n5c(C)ccc5C)cc4)o3)c2C)cc1. The number of rotatable bonds is 12. The first kappa shape index (κ1) is 33.6. The number of benzene rings is 3. The molecular formula is C40H39N5O5. The minimum absolute atomic E-state index is 0.0989. The second-order valence-electron chi connectivity index (χ2n) is 12.0.